The second-order valence-corrected chi connectivity index (χ2v) is 3.05. The quantitative estimate of drug-likeness (QED) is 0.544. The van der Waals surface area contributed by atoms with Crippen molar-refractivity contribution < 1.29 is 9.90 Å². The first-order valence-corrected chi connectivity index (χ1v) is 4.67. The Labute approximate surface area is 70.1 Å². The Hall–Kier alpha value is 0.130. The van der Waals surface area contributed by atoms with Gasteiger partial charge >= 0.3 is 5.97 Å². The first-order chi connectivity index (χ1) is 4.72. The third-order valence-electron chi connectivity index (χ3n) is 1.06. The largest absolute Gasteiger partial charge is 0.480 e. The zero-order valence-electron chi connectivity index (χ0n) is 5.70. The molecule has 0 amide bonds. The van der Waals surface area contributed by atoms with Crippen LogP contribution in [0.2, 0.25) is 0 Å². The average Bonchev–Trinajstić information content (AvgIpc) is 1.89. The SMILES string of the molecule is CSCC[C@H](NS)C(=O)O. The van der Waals surface area contributed by atoms with Gasteiger partial charge in [-0.2, -0.15) is 11.8 Å². The molecular formula is C5H11NO2S2. The maximum absolute atomic E-state index is 10.3. The number of nitrogens with one attached hydrogen (secondary N) is 1. The average molecular weight is 181 g/mol. The minimum atomic E-state index is -0.843. The Morgan fingerprint density at radius 1 is 1.90 bits per heavy atom. The van der Waals surface area contributed by atoms with E-state index in [-0.39, 0.29) is 0 Å². The van der Waals surface area contributed by atoms with Gasteiger partial charge in [0.05, 0.1) is 0 Å². The monoisotopic (exact) mass is 181 g/mol. The summed E-state index contributed by atoms with van der Waals surface area (Å²) in [5.41, 5.74) is 0. The molecule has 0 aromatic carbocycles. The number of thiol groups is 1. The number of aliphatic carboxylic acids is 1. The molecule has 0 saturated carbocycles. The minimum absolute atomic E-state index is 0.518. The molecule has 0 unspecified atom stereocenters. The number of carboxylic acids is 1. The van der Waals surface area contributed by atoms with Crippen molar-refractivity contribution in [2.24, 2.45) is 0 Å². The van der Waals surface area contributed by atoms with Crippen molar-refractivity contribution in [2.75, 3.05) is 12.0 Å². The molecule has 10 heavy (non-hydrogen) atoms. The van der Waals surface area contributed by atoms with E-state index in [4.69, 9.17) is 5.11 Å². The first-order valence-electron chi connectivity index (χ1n) is 2.83. The van der Waals surface area contributed by atoms with Crippen molar-refractivity contribution in [3.63, 3.8) is 0 Å². The predicted octanol–water partition coefficient (Wildman–Crippen LogP) is 0.627. The zero-order chi connectivity index (χ0) is 7.98. The van der Waals surface area contributed by atoms with Crippen molar-refractivity contribution in [2.45, 2.75) is 12.5 Å². The van der Waals surface area contributed by atoms with E-state index in [0.29, 0.717) is 6.42 Å². The molecule has 0 heterocycles. The van der Waals surface area contributed by atoms with E-state index in [9.17, 15) is 4.79 Å². The molecule has 2 N–H and O–H groups in total. The molecule has 0 aliphatic heterocycles. The third-order valence-corrected chi connectivity index (χ3v) is 2.02. The molecule has 0 radical (unpaired) electrons. The van der Waals surface area contributed by atoms with Crippen molar-refractivity contribution in [3.8, 4) is 0 Å². The highest BCUT2D eigenvalue weighted by atomic mass is 32.2. The van der Waals surface area contributed by atoms with E-state index in [1.165, 1.54) is 0 Å². The zero-order valence-corrected chi connectivity index (χ0v) is 7.41. The fourth-order valence-corrected chi connectivity index (χ4v) is 1.19. The summed E-state index contributed by atoms with van der Waals surface area (Å²) < 4.78 is 2.42. The lowest BCUT2D eigenvalue weighted by Gasteiger charge is -2.07. The molecule has 0 spiro atoms. The Kier molecular flexibility index (Phi) is 5.96. The highest BCUT2D eigenvalue weighted by Crippen LogP contribution is 2.00. The molecule has 0 aliphatic rings. The van der Waals surface area contributed by atoms with Crippen LogP contribution in [0, 0.1) is 0 Å². The van der Waals surface area contributed by atoms with Gasteiger partial charge in [-0.25, -0.2) is 0 Å². The first kappa shape index (κ1) is 10.1. The molecule has 60 valence electrons. The van der Waals surface area contributed by atoms with Gasteiger partial charge in [-0.1, -0.05) is 12.8 Å². The molecule has 0 rings (SSSR count). The van der Waals surface area contributed by atoms with Crippen molar-refractivity contribution in [3.05, 3.63) is 0 Å². The highest BCUT2D eigenvalue weighted by molar-refractivity contribution is 7.98. The van der Waals surface area contributed by atoms with Gasteiger partial charge in [0.1, 0.15) is 6.04 Å². The molecule has 0 aromatic rings. The number of carboxylic acid groups (broad SMARTS) is 1. The predicted molar refractivity (Wildman–Crippen MR) is 46.5 cm³/mol. The van der Waals surface area contributed by atoms with E-state index in [2.05, 4.69) is 17.5 Å². The number of rotatable bonds is 5. The summed E-state index contributed by atoms with van der Waals surface area (Å²) in [4.78, 5) is 10.3. The second kappa shape index (κ2) is 5.88. The van der Waals surface area contributed by atoms with Crippen LogP contribution in [0.25, 0.3) is 0 Å². The number of carbonyl (C=O) groups is 1. The molecule has 0 aliphatic carbocycles. The Balaban J connectivity index is 3.50. The van der Waals surface area contributed by atoms with E-state index < -0.39 is 12.0 Å². The Bertz CT molecular complexity index is 110. The number of hydrogen-bond acceptors (Lipinski definition) is 4. The second-order valence-electron chi connectivity index (χ2n) is 1.80. The van der Waals surface area contributed by atoms with E-state index in [1.807, 2.05) is 6.26 Å². The fourth-order valence-electron chi connectivity index (χ4n) is 0.479. The summed E-state index contributed by atoms with van der Waals surface area (Å²) >= 11 is 5.31. The fraction of sp³-hybridized carbons (Fsp3) is 0.800. The summed E-state index contributed by atoms with van der Waals surface area (Å²) in [6.45, 7) is 0. The number of hydrogen-bond donors (Lipinski definition) is 3. The molecule has 0 aromatic heterocycles. The molecule has 0 saturated heterocycles. The van der Waals surface area contributed by atoms with Gasteiger partial charge in [-0.3, -0.25) is 9.52 Å². The van der Waals surface area contributed by atoms with Gasteiger partial charge in [-0.05, 0) is 18.4 Å². The lowest BCUT2D eigenvalue weighted by molar-refractivity contribution is -0.138. The van der Waals surface area contributed by atoms with Crippen LogP contribution in [0.4, 0.5) is 0 Å². The van der Waals surface area contributed by atoms with Crippen molar-refractivity contribution in [1.29, 1.82) is 0 Å². The van der Waals surface area contributed by atoms with Crippen molar-refractivity contribution in [1.82, 2.24) is 4.72 Å². The van der Waals surface area contributed by atoms with Crippen LogP contribution < -0.4 is 4.72 Å². The maximum Gasteiger partial charge on any atom is 0.321 e. The molecule has 1 atom stereocenters. The summed E-state index contributed by atoms with van der Waals surface area (Å²) in [7, 11) is 0. The summed E-state index contributed by atoms with van der Waals surface area (Å²) in [6.07, 6.45) is 2.55. The Morgan fingerprint density at radius 3 is 2.80 bits per heavy atom. The normalized spacial score (nSPS) is 13.0. The van der Waals surface area contributed by atoms with Crippen LogP contribution in [0.3, 0.4) is 0 Å². The smallest absolute Gasteiger partial charge is 0.321 e. The molecule has 0 bridgehead atoms. The lowest BCUT2D eigenvalue weighted by Crippen LogP contribution is -2.31. The minimum Gasteiger partial charge on any atom is -0.480 e. The lowest BCUT2D eigenvalue weighted by atomic mass is 10.2. The van der Waals surface area contributed by atoms with Gasteiger partial charge in [0.15, 0.2) is 0 Å². The summed E-state index contributed by atoms with van der Waals surface area (Å²) in [6, 6.07) is -0.518. The third kappa shape index (κ3) is 4.03. The van der Waals surface area contributed by atoms with E-state index in [0.717, 1.165) is 5.75 Å². The van der Waals surface area contributed by atoms with Crippen LogP contribution in [0.1, 0.15) is 6.42 Å². The van der Waals surface area contributed by atoms with Gasteiger partial charge in [0.25, 0.3) is 0 Å². The Morgan fingerprint density at radius 2 is 2.50 bits per heavy atom. The summed E-state index contributed by atoms with van der Waals surface area (Å²) in [5.74, 6) is -0.00565. The van der Waals surface area contributed by atoms with Gasteiger partial charge in [0, 0.05) is 0 Å². The van der Waals surface area contributed by atoms with Gasteiger partial charge < -0.3 is 5.11 Å². The number of thioether (sulfide) groups is 1. The van der Waals surface area contributed by atoms with Gasteiger partial charge in [-0.15, -0.1) is 0 Å². The molecule has 5 heteroatoms. The summed E-state index contributed by atoms with van der Waals surface area (Å²) in [5, 5.41) is 8.48. The van der Waals surface area contributed by atoms with Crippen LogP contribution in [-0.2, 0) is 4.79 Å². The van der Waals surface area contributed by atoms with Crippen molar-refractivity contribution >= 4 is 30.5 Å². The molecular weight excluding hydrogens is 170 g/mol. The van der Waals surface area contributed by atoms with Crippen LogP contribution in [0.5, 0.6) is 0 Å². The van der Waals surface area contributed by atoms with E-state index >= 15 is 0 Å². The van der Waals surface area contributed by atoms with E-state index in [1.54, 1.807) is 11.8 Å². The van der Waals surface area contributed by atoms with Crippen LogP contribution in [-0.4, -0.2) is 29.1 Å². The maximum atomic E-state index is 10.3. The standard InChI is InChI=1S/C5H11NO2S2/c1-10-3-2-4(6-9)5(7)8/h4,6,9H,2-3H2,1H3,(H,7,8)/t4-/m0/s1. The highest BCUT2D eigenvalue weighted by Gasteiger charge is 2.13. The molecule has 0 fully saturated rings. The molecule has 3 nitrogen and oxygen atoms in total. The topological polar surface area (TPSA) is 49.3 Å². The van der Waals surface area contributed by atoms with Crippen LogP contribution in [0.15, 0.2) is 0 Å². The van der Waals surface area contributed by atoms with Gasteiger partial charge in [0.2, 0.25) is 0 Å². The van der Waals surface area contributed by atoms with Crippen LogP contribution >= 0.6 is 24.6 Å².